The van der Waals surface area contributed by atoms with Crippen LogP contribution < -0.4 is 0 Å². The fourth-order valence-electron chi connectivity index (χ4n) is 2.17. The lowest BCUT2D eigenvalue weighted by atomic mass is 10.2. The molecule has 7 nitrogen and oxygen atoms in total. The second-order valence-electron chi connectivity index (χ2n) is 4.78. The predicted molar refractivity (Wildman–Crippen MR) is 75.8 cm³/mol. The maximum atomic E-state index is 14.1. The molecule has 0 aliphatic heterocycles. The maximum absolute atomic E-state index is 14.1. The third kappa shape index (κ3) is 2.24. The number of nitrogens with zero attached hydrogens (tertiary/aromatic N) is 5. The van der Waals surface area contributed by atoms with E-state index in [2.05, 4.69) is 20.1 Å². The monoisotopic (exact) mass is 299 g/mol. The Kier molecular flexibility index (Phi) is 3.21. The second-order valence-corrected chi connectivity index (χ2v) is 4.78. The van der Waals surface area contributed by atoms with E-state index in [0.29, 0.717) is 17.0 Å². The summed E-state index contributed by atoms with van der Waals surface area (Å²) in [5.74, 6) is -1.19. The Labute approximate surface area is 123 Å². The van der Waals surface area contributed by atoms with Crippen molar-refractivity contribution >= 4 is 11.6 Å². The fourth-order valence-corrected chi connectivity index (χ4v) is 2.17. The summed E-state index contributed by atoms with van der Waals surface area (Å²) in [5, 5.41) is 2.34. The van der Waals surface area contributed by atoms with E-state index >= 15 is 0 Å². The molecule has 0 saturated heterocycles. The van der Waals surface area contributed by atoms with Gasteiger partial charge in [0.05, 0.1) is 17.0 Å². The molecule has 0 unspecified atom stereocenters. The van der Waals surface area contributed by atoms with Gasteiger partial charge in [0.25, 0.3) is 0 Å². The predicted octanol–water partition coefficient (Wildman–Crippen LogP) is 2.45. The lowest BCUT2D eigenvalue weighted by molar-refractivity contribution is 0.0999. The highest BCUT2D eigenvalue weighted by Gasteiger charge is 2.14. The van der Waals surface area contributed by atoms with Crippen LogP contribution in [0.3, 0.4) is 0 Å². The first-order valence-corrected chi connectivity index (χ1v) is 6.36. The number of halogens is 1. The number of hydrogen-bond donors (Lipinski definition) is 0. The van der Waals surface area contributed by atoms with Gasteiger partial charge in [0, 0.05) is 29.3 Å². The number of pyridine rings is 1. The third-order valence-electron chi connectivity index (χ3n) is 3.18. The smallest absolute Gasteiger partial charge is 0.304 e. The minimum atomic E-state index is -0.934. The zero-order valence-electron chi connectivity index (χ0n) is 11.7. The molecule has 0 aromatic carbocycles. The second kappa shape index (κ2) is 5.06. The van der Waals surface area contributed by atoms with Crippen molar-refractivity contribution < 1.29 is 9.18 Å². The minimum absolute atomic E-state index is 0.0266. The lowest BCUT2D eigenvalue weighted by Gasteiger charge is -2.05. The number of carbonyl (C=O) groups is 1. The van der Waals surface area contributed by atoms with Gasteiger partial charge >= 0.3 is 5.91 Å². The molecule has 8 heteroatoms. The van der Waals surface area contributed by atoms with Gasteiger partial charge in [-0.1, -0.05) is 0 Å². The summed E-state index contributed by atoms with van der Waals surface area (Å²) in [6.07, 6.45) is 4.54. The molecular formula is C14H10FN5O2. The van der Waals surface area contributed by atoms with E-state index in [-0.39, 0.29) is 17.0 Å². The summed E-state index contributed by atoms with van der Waals surface area (Å²) >= 11 is 0. The van der Waals surface area contributed by atoms with E-state index in [0.717, 1.165) is 0 Å². The van der Waals surface area contributed by atoms with Crippen LogP contribution in [-0.4, -0.2) is 25.3 Å². The van der Waals surface area contributed by atoms with Crippen LogP contribution >= 0.6 is 0 Å². The molecule has 0 fully saturated rings. The molecule has 0 N–H and O–H groups in total. The van der Waals surface area contributed by atoms with Crippen molar-refractivity contribution in [3.05, 3.63) is 52.3 Å². The quantitative estimate of drug-likeness (QED) is 0.678. The van der Waals surface area contributed by atoms with Crippen molar-refractivity contribution in [3.63, 3.8) is 0 Å². The van der Waals surface area contributed by atoms with Crippen LogP contribution in [0.4, 0.5) is 4.39 Å². The highest BCUT2D eigenvalue weighted by atomic mass is 19.1. The maximum Gasteiger partial charge on any atom is 0.320 e. The molecule has 0 radical (unpaired) electrons. The van der Waals surface area contributed by atoms with Crippen LogP contribution in [0.1, 0.15) is 21.7 Å². The molecular weight excluding hydrogens is 289 g/mol. The number of amides is 1. The molecule has 110 valence electrons. The molecule has 0 atom stereocenters. The number of nitroso groups, excluding NO2 is 1. The van der Waals surface area contributed by atoms with Gasteiger partial charge in [0.1, 0.15) is 0 Å². The van der Waals surface area contributed by atoms with Crippen LogP contribution in [0.5, 0.6) is 0 Å². The molecule has 0 spiro atoms. The molecule has 22 heavy (non-hydrogen) atoms. The Morgan fingerprint density at radius 2 is 2.05 bits per heavy atom. The zero-order chi connectivity index (χ0) is 15.9. The molecule has 0 aliphatic carbocycles. The van der Waals surface area contributed by atoms with Crippen molar-refractivity contribution in [2.75, 3.05) is 0 Å². The Morgan fingerprint density at radius 3 is 2.73 bits per heavy atom. The summed E-state index contributed by atoms with van der Waals surface area (Å²) in [6.45, 7) is 3.32. The number of hydrogen-bond acceptors (Lipinski definition) is 5. The van der Waals surface area contributed by atoms with Gasteiger partial charge in [-0.3, -0.25) is 4.79 Å². The SMILES string of the molecule is Cc1cn2cc(-c3ncc(C(=O)N=O)c(C)n3)cc(F)c2n1. The molecule has 0 saturated carbocycles. The van der Waals surface area contributed by atoms with E-state index < -0.39 is 11.7 Å². The Morgan fingerprint density at radius 1 is 1.27 bits per heavy atom. The number of carbonyl (C=O) groups excluding carboxylic acids is 1. The summed E-state index contributed by atoms with van der Waals surface area (Å²) in [7, 11) is 0. The molecule has 1 amide bonds. The van der Waals surface area contributed by atoms with Crippen LogP contribution in [0.2, 0.25) is 0 Å². The average molecular weight is 299 g/mol. The first-order chi connectivity index (χ1) is 10.5. The Balaban J connectivity index is 2.13. The number of rotatable bonds is 2. The lowest BCUT2D eigenvalue weighted by Crippen LogP contribution is -2.03. The first kappa shape index (κ1) is 13.9. The van der Waals surface area contributed by atoms with Gasteiger partial charge < -0.3 is 4.40 Å². The molecule has 3 aromatic rings. The molecule has 0 aliphatic rings. The fraction of sp³-hybridized carbons (Fsp3) is 0.143. The average Bonchev–Trinajstić information content (AvgIpc) is 2.87. The third-order valence-corrected chi connectivity index (χ3v) is 3.18. The van der Waals surface area contributed by atoms with Crippen molar-refractivity contribution in [2.45, 2.75) is 13.8 Å². The summed E-state index contributed by atoms with van der Waals surface area (Å²) in [5.41, 5.74) is 1.67. The van der Waals surface area contributed by atoms with Crippen LogP contribution in [0.15, 0.2) is 29.8 Å². The molecule has 3 rings (SSSR count). The zero-order valence-corrected chi connectivity index (χ0v) is 11.7. The standard InChI is InChI=1S/C14H10FN5O2/c1-7-5-20-6-9(3-11(15)13(20)17-7)12-16-4-10(8(2)18-12)14(21)19-22/h3-6H,1-2H3. The van der Waals surface area contributed by atoms with Crippen molar-refractivity contribution in [3.8, 4) is 11.4 Å². The van der Waals surface area contributed by atoms with E-state index in [1.165, 1.54) is 12.3 Å². The van der Waals surface area contributed by atoms with Crippen LogP contribution in [0, 0.1) is 24.6 Å². The van der Waals surface area contributed by atoms with Gasteiger partial charge in [-0.15, -0.1) is 4.91 Å². The highest BCUT2D eigenvalue weighted by molar-refractivity contribution is 5.95. The van der Waals surface area contributed by atoms with Crippen molar-refractivity contribution in [1.29, 1.82) is 0 Å². The normalized spacial score (nSPS) is 10.9. The van der Waals surface area contributed by atoms with Gasteiger partial charge in [0.15, 0.2) is 17.3 Å². The molecule has 3 heterocycles. The van der Waals surface area contributed by atoms with E-state index in [1.54, 1.807) is 30.6 Å². The summed E-state index contributed by atoms with van der Waals surface area (Å²) < 4.78 is 15.6. The van der Waals surface area contributed by atoms with Gasteiger partial charge in [-0.2, -0.15) is 0 Å². The summed E-state index contributed by atoms with van der Waals surface area (Å²) in [4.78, 5) is 33.8. The Hall–Kier alpha value is -3.03. The minimum Gasteiger partial charge on any atom is -0.304 e. The molecule has 0 bridgehead atoms. The van der Waals surface area contributed by atoms with E-state index in [4.69, 9.17) is 0 Å². The van der Waals surface area contributed by atoms with Crippen LogP contribution in [-0.2, 0) is 0 Å². The number of aryl methyl sites for hydroxylation is 2. The van der Waals surface area contributed by atoms with Gasteiger partial charge in [-0.05, 0) is 19.9 Å². The molecule has 3 aromatic heterocycles. The topological polar surface area (TPSA) is 89.6 Å². The largest absolute Gasteiger partial charge is 0.320 e. The number of fused-ring (bicyclic) bond motifs is 1. The number of imidazole rings is 1. The first-order valence-electron chi connectivity index (χ1n) is 6.36. The highest BCUT2D eigenvalue weighted by Crippen LogP contribution is 2.20. The van der Waals surface area contributed by atoms with E-state index in [9.17, 15) is 14.1 Å². The number of aromatic nitrogens is 4. The van der Waals surface area contributed by atoms with E-state index in [1.807, 2.05) is 0 Å². The van der Waals surface area contributed by atoms with Crippen LogP contribution in [0.25, 0.3) is 17.0 Å². The Bertz CT molecular complexity index is 919. The van der Waals surface area contributed by atoms with Crippen molar-refractivity contribution in [2.24, 2.45) is 5.18 Å². The van der Waals surface area contributed by atoms with Gasteiger partial charge in [0.2, 0.25) is 0 Å². The summed E-state index contributed by atoms with van der Waals surface area (Å²) in [6, 6.07) is 1.27. The van der Waals surface area contributed by atoms with Crippen molar-refractivity contribution in [1.82, 2.24) is 19.4 Å². The van der Waals surface area contributed by atoms with Gasteiger partial charge in [-0.25, -0.2) is 19.3 Å².